The van der Waals surface area contributed by atoms with Crippen LogP contribution in [0.5, 0.6) is 0 Å². The van der Waals surface area contributed by atoms with Crippen molar-refractivity contribution in [3.63, 3.8) is 0 Å². The van der Waals surface area contributed by atoms with Crippen LogP contribution in [0.15, 0.2) is 29.3 Å². The third kappa shape index (κ3) is 7.72. The van der Waals surface area contributed by atoms with Gasteiger partial charge in [0, 0.05) is 31.1 Å². The largest absolute Gasteiger partial charge is 0.366 e. The maximum atomic E-state index is 11.5. The van der Waals surface area contributed by atoms with Crippen molar-refractivity contribution in [2.45, 2.75) is 26.3 Å². The molecule has 1 aliphatic carbocycles. The molecule has 0 radical (unpaired) electrons. The van der Waals surface area contributed by atoms with E-state index in [1.807, 2.05) is 19.1 Å². The van der Waals surface area contributed by atoms with Gasteiger partial charge in [0.1, 0.15) is 0 Å². The second-order valence-electron chi connectivity index (χ2n) is 5.75. The molecule has 2 rings (SSSR count). The third-order valence-corrected chi connectivity index (χ3v) is 3.67. The highest BCUT2D eigenvalue weighted by molar-refractivity contribution is 14.0. The lowest BCUT2D eigenvalue weighted by atomic mass is 10.1. The van der Waals surface area contributed by atoms with Gasteiger partial charge < -0.3 is 21.7 Å². The first kappa shape index (κ1) is 21.2. The fraction of sp³-hybridized carbons (Fsp3) is 0.471. The molecular weight excluding hydrogens is 433 g/mol. The van der Waals surface area contributed by atoms with E-state index in [4.69, 9.17) is 5.73 Å². The van der Waals surface area contributed by atoms with Crippen LogP contribution in [0.1, 0.15) is 35.7 Å². The Morgan fingerprint density at radius 1 is 1.12 bits per heavy atom. The summed E-state index contributed by atoms with van der Waals surface area (Å²) in [6, 6.07) is 7.06. The Hall–Kier alpha value is -1.84. The van der Waals surface area contributed by atoms with E-state index in [2.05, 4.69) is 20.9 Å². The molecule has 5 N–H and O–H groups in total. The summed E-state index contributed by atoms with van der Waals surface area (Å²) in [5, 5.41) is 9.25. The first-order valence-corrected chi connectivity index (χ1v) is 8.28. The van der Waals surface area contributed by atoms with Crippen LogP contribution in [0.4, 0.5) is 0 Å². The number of rotatable bonds is 8. The summed E-state index contributed by atoms with van der Waals surface area (Å²) in [4.78, 5) is 27.1. The number of amides is 2. The van der Waals surface area contributed by atoms with Crippen molar-refractivity contribution in [2.24, 2.45) is 16.6 Å². The highest BCUT2D eigenvalue weighted by Crippen LogP contribution is 2.28. The average molecular weight is 459 g/mol. The molecule has 7 nitrogen and oxygen atoms in total. The van der Waals surface area contributed by atoms with Gasteiger partial charge in [-0.15, -0.1) is 24.0 Å². The second-order valence-corrected chi connectivity index (χ2v) is 5.75. The Balaban J connectivity index is 0.00000312. The predicted octanol–water partition coefficient (Wildman–Crippen LogP) is 0.985. The molecule has 0 unspecified atom stereocenters. The average Bonchev–Trinajstić information content (AvgIpc) is 3.41. The monoisotopic (exact) mass is 459 g/mol. The number of hydrogen-bond donors (Lipinski definition) is 4. The van der Waals surface area contributed by atoms with Crippen LogP contribution in [0, 0.1) is 5.92 Å². The Kier molecular flexibility index (Phi) is 9.25. The molecule has 1 fully saturated rings. The normalized spacial score (nSPS) is 13.6. The van der Waals surface area contributed by atoms with Crippen molar-refractivity contribution in [3.05, 3.63) is 35.4 Å². The third-order valence-electron chi connectivity index (χ3n) is 3.67. The molecule has 0 aromatic heterocycles. The molecule has 25 heavy (non-hydrogen) atoms. The molecule has 1 aliphatic rings. The number of carbonyl (C=O) groups is 2. The SMILES string of the molecule is CCNC(=NCc1ccc(C(N)=O)cc1)NCCNC(=O)C1CC1.I. The number of halogens is 1. The van der Waals surface area contributed by atoms with Crippen molar-refractivity contribution < 1.29 is 9.59 Å². The first-order valence-electron chi connectivity index (χ1n) is 8.28. The quantitative estimate of drug-likeness (QED) is 0.201. The van der Waals surface area contributed by atoms with E-state index in [9.17, 15) is 9.59 Å². The standard InChI is InChI=1S/C17H25N5O2.HI/c1-2-19-17(21-10-9-20-16(24)14-7-8-14)22-11-12-3-5-13(6-4-12)15(18)23;/h3-6,14H,2,7-11H2,1H3,(H2,18,23)(H,20,24)(H2,19,21,22);1H. The van der Waals surface area contributed by atoms with E-state index in [1.165, 1.54) is 0 Å². The van der Waals surface area contributed by atoms with Gasteiger partial charge in [-0.25, -0.2) is 4.99 Å². The number of guanidine groups is 1. The van der Waals surface area contributed by atoms with Gasteiger partial charge in [-0.2, -0.15) is 0 Å². The topological polar surface area (TPSA) is 109 Å². The van der Waals surface area contributed by atoms with Gasteiger partial charge in [-0.1, -0.05) is 12.1 Å². The van der Waals surface area contributed by atoms with Crippen molar-refractivity contribution in [1.29, 1.82) is 0 Å². The highest BCUT2D eigenvalue weighted by atomic mass is 127. The van der Waals surface area contributed by atoms with Gasteiger partial charge in [0.05, 0.1) is 6.54 Å². The van der Waals surface area contributed by atoms with E-state index in [1.54, 1.807) is 12.1 Å². The van der Waals surface area contributed by atoms with Crippen LogP contribution in [-0.4, -0.2) is 37.4 Å². The van der Waals surface area contributed by atoms with E-state index in [-0.39, 0.29) is 35.8 Å². The Bertz CT molecular complexity index is 600. The Labute approximate surface area is 165 Å². The van der Waals surface area contributed by atoms with Crippen molar-refractivity contribution in [2.75, 3.05) is 19.6 Å². The van der Waals surface area contributed by atoms with Crippen LogP contribution in [-0.2, 0) is 11.3 Å². The molecular formula is C17H26IN5O2. The van der Waals surface area contributed by atoms with E-state index in [0.29, 0.717) is 31.2 Å². The predicted molar refractivity (Wildman–Crippen MR) is 109 cm³/mol. The van der Waals surface area contributed by atoms with E-state index >= 15 is 0 Å². The molecule has 8 heteroatoms. The summed E-state index contributed by atoms with van der Waals surface area (Å²) in [6.07, 6.45) is 2.02. The van der Waals surface area contributed by atoms with Gasteiger partial charge in [0.25, 0.3) is 0 Å². The minimum absolute atomic E-state index is 0. The Morgan fingerprint density at radius 2 is 1.76 bits per heavy atom. The van der Waals surface area contributed by atoms with E-state index < -0.39 is 5.91 Å². The molecule has 1 saturated carbocycles. The summed E-state index contributed by atoms with van der Waals surface area (Å²) >= 11 is 0. The maximum Gasteiger partial charge on any atom is 0.248 e. The fourth-order valence-electron chi connectivity index (χ4n) is 2.14. The zero-order valence-electron chi connectivity index (χ0n) is 14.4. The molecule has 1 aromatic carbocycles. The summed E-state index contributed by atoms with van der Waals surface area (Å²) in [5.41, 5.74) is 6.69. The maximum absolute atomic E-state index is 11.5. The summed E-state index contributed by atoms with van der Waals surface area (Å²) in [6.45, 7) is 4.43. The number of carbonyl (C=O) groups excluding carboxylic acids is 2. The number of nitrogens with two attached hydrogens (primary N) is 1. The summed E-state index contributed by atoms with van der Waals surface area (Å²) in [7, 11) is 0. The van der Waals surface area contributed by atoms with Gasteiger partial charge in [-0.05, 0) is 37.5 Å². The van der Waals surface area contributed by atoms with Gasteiger partial charge >= 0.3 is 0 Å². The lowest BCUT2D eigenvalue weighted by Crippen LogP contribution is -2.41. The first-order chi connectivity index (χ1) is 11.6. The second kappa shape index (κ2) is 10.9. The molecule has 0 bridgehead atoms. The van der Waals surface area contributed by atoms with Crippen molar-refractivity contribution in [3.8, 4) is 0 Å². The van der Waals surface area contributed by atoms with E-state index in [0.717, 1.165) is 24.9 Å². The minimum Gasteiger partial charge on any atom is -0.366 e. The zero-order chi connectivity index (χ0) is 17.4. The molecule has 2 amide bonds. The van der Waals surface area contributed by atoms with Crippen LogP contribution in [0.3, 0.4) is 0 Å². The lowest BCUT2D eigenvalue weighted by Gasteiger charge is -2.12. The molecule has 0 aliphatic heterocycles. The number of aliphatic imine (C=N–C) groups is 1. The molecule has 0 saturated heterocycles. The summed E-state index contributed by atoms with van der Waals surface area (Å²) in [5.74, 6) is 0.633. The smallest absolute Gasteiger partial charge is 0.248 e. The highest BCUT2D eigenvalue weighted by Gasteiger charge is 2.28. The molecule has 0 atom stereocenters. The van der Waals surface area contributed by atoms with Gasteiger partial charge in [-0.3, -0.25) is 9.59 Å². The molecule has 1 aromatic rings. The van der Waals surface area contributed by atoms with Crippen LogP contribution < -0.4 is 21.7 Å². The lowest BCUT2D eigenvalue weighted by molar-refractivity contribution is -0.122. The number of benzene rings is 1. The fourth-order valence-corrected chi connectivity index (χ4v) is 2.14. The van der Waals surface area contributed by atoms with Crippen LogP contribution in [0.25, 0.3) is 0 Å². The minimum atomic E-state index is -0.437. The van der Waals surface area contributed by atoms with Crippen molar-refractivity contribution >= 4 is 41.8 Å². The van der Waals surface area contributed by atoms with Crippen molar-refractivity contribution in [1.82, 2.24) is 16.0 Å². The van der Waals surface area contributed by atoms with Gasteiger partial charge in [0.15, 0.2) is 5.96 Å². The van der Waals surface area contributed by atoms with Crippen LogP contribution in [0.2, 0.25) is 0 Å². The number of primary amides is 1. The number of hydrogen-bond acceptors (Lipinski definition) is 3. The zero-order valence-corrected chi connectivity index (χ0v) is 16.7. The number of nitrogens with zero attached hydrogens (tertiary/aromatic N) is 1. The molecule has 0 heterocycles. The van der Waals surface area contributed by atoms with Gasteiger partial charge in [0.2, 0.25) is 11.8 Å². The number of nitrogens with one attached hydrogen (secondary N) is 3. The molecule has 138 valence electrons. The van der Waals surface area contributed by atoms with Crippen LogP contribution >= 0.6 is 24.0 Å². The molecule has 0 spiro atoms. The summed E-state index contributed by atoms with van der Waals surface area (Å²) < 4.78 is 0. The Morgan fingerprint density at radius 3 is 2.32 bits per heavy atom.